The van der Waals surface area contributed by atoms with Gasteiger partial charge in [-0.05, 0) is 59.7 Å². The Balaban J connectivity index is 1.17. The van der Waals surface area contributed by atoms with Gasteiger partial charge in [-0.2, -0.15) is 0 Å². The summed E-state index contributed by atoms with van der Waals surface area (Å²) in [6.07, 6.45) is 0. The summed E-state index contributed by atoms with van der Waals surface area (Å²) in [5.74, 6) is 1.93. The highest BCUT2D eigenvalue weighted by molar-refractivity contribution is 6.22. The van der Waals surface area contributed by atoms with Crippen LogP contribution < -0.4 is 0 Å². The lowest BCUT2D eigenvalue weighted by Gasteiger charge is -2.14. The minimum absolute atomic E-state index is 0.633. The Kier molecular flexibility index (Phi) is 7.07. The maximum absolute atomic E-state index is 4.97. The number of hydrogen-bond acceptors (Lipinski definition) is 3. The average molecular weight is 666 g/mol. The third-order valence-electron chi connectivity index (χ3n) is 9.77. The third kappa shape index (κ3) is 4.98. The molecule has 3 heterocycles. The van der Waals surface area contributed by atoms with Gasteiger partial charge in [0.05, 0.1) is 11.0 Å². The van der Waals surface area contributed by atoms with Crippen molar-refractivity contribution in [1.82, 2.24) is 24.1 Å². The fraction of sp³-hybridized carbons (Fsp3) is 0. The van der Waals surface area contributed by atoms with Crippen molar-refractivity contribution in [3.05, 3.63) is 188 Å². The van der Waals surface area contributed by atoms with Crippen molar-refractivity contribution in [2.24, 2.45) is 0 Å². The molecule has 0 atom stereocenters. The maximum Gasteiger partial charge on any atom is 0.164 e. The Labute approximate surface area is 300 Å². The summed E-state index contributed by atoms with van der Waals surface area (Å²) >= 11 is 0. The van der Waals surface area contributed by atoms with E-state index in [-0.39, 0.29) is 0 Å². The first-order chi connectivity index (χ1) is 25.8. The molecule has 10 aromatic rings. The lowest BCUT2D eigenvalue weighted by atomic mass is 10.1. The van der Waals surface area contributed by atoms with Crippen molar-refractivity contribution in [2.45, 2.75) is 0 Å². The van der Waals surface area contributed by atoms with Gasteiger partial charge in [0.25, 0.3) is 0 Å². The highest BCUT2D eigenvalue weighted by atomic mass is 15.1. The monoisotopic (exact) mass is 665 g/mol. The summed E-state index contributed by atoms with van der Waals surface area (Å²) < 4.78 is 4.80. The van der Waals surface area contributed by atoms with Crippen LogP contribution in [0.4, 0.5) is 0 Å². The molecule has 3 aromatic heterocycles. The molecular weight excluding hydrogens is 635 g/mol. The smallest absolute Gasteiger partial charge is 0.164 e. The number of nitrogens with zero attached hydrogens (tertiary/aromatic N) is 5. The number of rotatable bonds is 6. The lowest BCUT2D eigenvalue weighted by molar-refractivity contribution is 1.06. The van der Waals surface area contributed by atoms with Crippen LogP contribution in [0.2, 0.25) is 0 Å². The SMILES string of the molecule is c1ccc(-c2cccc(-n3c4ccccc4c4c5ccccc5n(-c5ccc(-c6nc(-c7ccccc7)nc(-c7ccccc7)n6)cc5)c43)c2)cc1. The third-order valence-corrected chi connectivity index (χ3v) is 9.77. The zero-order valence-electron chi connectivity index (χ0n) is 28.1. The predicted molar refractivity (Wildman–Crippen MR) is 213 cm³/mol. The van der Waals surface area contributed by atoms with Crippen molar-refractivity contribution < 1.29 is 0 Å². The van der Waals surface area contributed by atoms with Crippen molar-refractivity contribution in [3.8, 4) is 56.7 Å². The van der Waals surface area contributed by atoms with E-state index < -0.39 is 0 Å². The Morgan fingerprint density at radius 2 is 0.731 bits per heavy atom. The van der Waals surface area contributed by atoms with Gasteiger partial charge in [0.15, 0.2) is 17.5 Å². The van der Waals surface area contributed by atoms with Crippen LogP contribution in [0, 0.1) is 0 Å². The van der Waals surface area contributed by atoms with Gasteiger partial charge in [0, 0.05) is 44.2 Å². The van der Waals surface area contributed by atoms with E-state index in [0.717, 1.165) is 39.2 Å². The fourth-order valence-electron chi connectivity index (χ4n) is 7.37. The fourth-order valence-corrected chi connectivity index (χ4v) is 7.37. The molecule has 0 amide bonds. The van der Waals surface area contributed by atoms with Crippen molar-refractivity contribution in [2.75, 3.05) is 0 Å². The molecular formula is C47H31N5. The van der Waals surface area contributed by atoms with Crippen LogP contribution in [-0.4, -0.2) is 24.1 Å². The molecule has 0 aliphatic rings. The summed E-state index contributed by atoms with van der Waals surface area (Å²) in [7, 11) is 0. The van der Waals surface area contributed by atoms with Gasteiger partial charge >= 0.3 is 0 Å². The van der Waals surface area contributed by atoms with Crippen LogP contribution in [0.1, 0.15) is 0 Å². The van der Waals surface area contributed by atoms with Crippen LogP contribution >= 0.6 is 0 Å². The number of para-hydroxylation sites is 2. The molecule has 0 saturated carbocycles. The Hall–Kier alpha value is -7.11. The number of hydrogen-bond donors (Lipinski definition) is 0. The van der Waals surface area contributed by atoms with E-state index in [9.17, 15) is 0 Å². The lowest BCUT2D eigenvalue weighted by Crippen LogP contribution is -2.02. The van der Waals surface area contributed by atoms with E-state index >= 15 is 0 Å². The van der Waals surface area contributed by atoms with Gasteiger partial charge in [0.1, 0.15) is 5.65 Å². The van der Waals surface area contributed by atoms with Crippen molar-refractivity contribution in [3.63, 3.8) is 0 Å². The highest BCUT2D eigenvalue weighted by Crippen LogP contribution is 2.41. The normalized spacial score (nSPS) is 11.5. The van der Waals surface area contributed by atoms with E-state index in [1.807, 2.05) is 60.7 Å². The number of benzene rings is 7. The molecule has 7 aromatic carbocycles. The zero-order valence-corrected chi connectivity index (χ0v) is 28.1. The molecule has 0 bridgehead atoms. The predicted octanol–water partition coefficient (Wildman–Crippen LogP) is 11.6. The molecule has 0 aliphatic carbocycles. The van der Waals surface area contributed by atoms with E-state index in [4.69, 9.17) is 15.0 Å². The van der Waals surface area contributed by atoms with Crippen LogP contribution in [0.3, 0.4) is 0 Å². The van der Waals surface area contributed by atoms with Crippen LogP contribution in [0.15, 0.2) is 188 Å². The minimum atomic E-state index is 0.633. The Morgan fingerprint density at radius 1 is 0.308 bits per heavy atom. The molecule has 0 N–H and O–H groups in total. The molecule has 0 saturated heterocycles. The van der Waals surface area contributed by atoms with Gasteiger partial charge in [-0.25, -0.2) is 15.0 Å². The van der Waals surface area contributed by atoms with Gasteiger partial charge in [-0.3, -0.25) is 9.13 Å². The molecule has 244 valence electrons. The molecule has 0 aliphatic heterocycles. The molecule has 0 radical (unpaired) electrons. The number of fused-ring (bicyclic) bond motifs is 5. The molecule has 5 heteroatoms. The van der Waals surface area contributed by atoms with E-state index in [2.05, 4.69) is 137 Å². The summed E-state index contributed by atoms with van der Waals surface area (Å²) in [5.41, 5.74) is 10.8. The standard InChI is InChI=1S/C47H31N5/c1-4-15-32(16-5-1)36-21-14-22-38(31-36)52-42-26-13-11-24-40(42)43-39-23-10-12-25-41(39)51(47(43)52)37-29-27-35(28-30-37)46-49-44(33-17-6-2-7-18-33)48-45(50-46)34-19-8-3-9-20-34/h1-31H. The number of aromatic nitrogens is 5. The second kappa shape index (κ2) is 12.3. The van der Waals surface area contributed by atoms with E-state index in [1.54, 1.807) is 0 Å². The van der Waals surface area contributed by atoms with Gasteiger partial charge in [-0.15, -0.1) is 0 Å². The molecule has 10 rings (SSSR count). The summed E-state index contributed by atoms with van der Waals surface area (Å²) in [6.45, 7) is 0. The highest BCUT2D eigenvalue weighted by Gasteiger charge is 2.22. The first-order valence-corrected chi connectivity index (χ1v) is 17.5. The zero-order chi connectivity index (χ0) is 34.4. The van der Waals surface area contributed by atoms with Gasteiger partial charge in [0.2, 0.25) is 0 Å². The first-order valence-electron chi connectivity index (χ1n) is 17.5. The molecule has 52 heavy (non-hydrogen) atoms. The van der Waals surface area contributed by atoms with Crippen LogP contribution in [-0.2, 0) is 0 Å². The van der Waals surface area contributed by atoms with Crippen molar-refractivity contribution >= 4 is 32.8 Å². The Bertz CT molecular complexity index is 2810. The van der Waals surface area contributed by atoms with Gasteiger partial charge in [-0.1, -0.05) is 140 Å². The summed E-state index contributed by atoms with van der Waals surface area (Å²) in [5, 5.41) is 3.67. The summed E-state index contributed by atoms with van der Waals surface area (Å²) in [6, 6.07) is 65.6. The maximum atomic E-state index is 4.97. The van der Waals surface area contributed by atoms with E-state index in [0.29, 0.717) is 17.5 Å². The second-order valence-corrected chi connectivity index (χ2v) is 12.9. The molecule has 0 unspecified atom stereocenters. The van der Waals surface area contributed by atoms with Crippen molar-refractivity contribution in [1.29, 1.82) is 0 Å². The summed E-state index contributed by atoms with van der Waals surface area (Å²) in [4.78, 5) is 14.8. The topological polar surface area (TPSA) is 48.5 Å². The van der Waals surface area contributed by atoms with Crippen LogP contribution in [0.25, 0.3) is 89.5 Å². The largest absolute Gasteiger partial charge is 0.295 e. The molecule has 0 fully saturated rings. The van der Waals surface area contributed by atoms with E-state index in [1.165, 1.54) is 32.8 Å². The molecule has 0 spiro atoms. The molecule has 5 nitrogen and oxygen atoms in total. The minimum Gasteiger partial charge on any atom is -0.295 e. The first kappa shape index (κ1) is 29.8. The second-order valence-electron chi connectivity index (χ2n) is 12.9. The average Bonchev–Trinajstić information content (AvgIpc) is 3.74. The van der Waals surface area contributed by atoms with Gasteiger partial charge < -0.3 is 0 Å². The quantitative estimate of drug-likeness (QED) is 0.178. The Morgan fingerprint density at radius 3 is 1.27 bits per heavy atom. The van der Waals surface area contributed by atoms with Crippen LogP contribution in [0.5, 0.6) is 0 Å².